The molecule has 1 aliphatic carbocycles. The molecule has 1 saturated carbocycles. The van der Waals surface area contributed by atoms with Crippen molar-refractivity contribution in [3.63, 3.8) is 0 Å². The van der Waals surface area contributed by atoms with Gasteiger partial charge in [0.25, 0.3) is 0 Å². The van der Waals surface area contributed by atoms with E-state index in [0.29, 0.717) is 41.6 Å². The number of rotatable bonds is 6. The number of fused-ring (bicyclic) bond motifs is 1. The number of imidazole rings is 1. The highest BCUT2D eigenvalue weighted by molar-refractivity contribution is 6.33. The molecule has 0 aliphatic heterocycles. The summed E-state index contributed by atoms with van der Waals surface area (Å²) in [4.78, 5) is 25.3. The minimum absolute atomic E-state index is 0.0733. The molecule has 0 atom stereocenters. The Hall–Kier alpha value is -2.94. The quantitative estimate of drug-likeness (QED) is 0.518. The first-order valence-corrected chi connectivity index (χ1v) is 10.7. The van der Waals surface area contributed by atoms with Gasteiger partial charge in [-0.2, -0.15) is 4.98 Å². The van der Waals surface area contributed by atoms with Gasteiger partial charge < -0.3 is 16.4 Å². The predicted molar refractivity (Wildman–Crippen MR) is 119 cm³/mol. The molecule has 2 aromatic heterocycles. The number of hydrogen-bond acceptors (Lipinski definition) is 6. The Morgan fingerprint density at radius 3 is 2.65 bits per heavy atom. The molecule has 0 unspecified atom stereocenters. The van der Waals surface area contributed by atoms with E-state index in [2.05, 4.69) is 20.6 Å². The van der Waals surface area contributed by atoms with Crippen molar-refractivity contribution in [2.24, 2.45) is 11.7 Å². The Bertz CT molecular complexity index is 1110. The van der Waals surface area contributed by atoms with Gasteiger partial charge >= 0.3 is 0 Å². The fourth-order valence-corrected chi connectivity index (χ4v) is 4.20. The summed E-state index contributed by atoms with van der Waals surface area (Å²) >= 11 is 6.22. The molecule has 164 valence electrons. The zero-order chi connectivity index (χ0) is 22.1. The molecule has 0 saturated heterocycles. The van der Waals surface area contributed by atoms with Gasteiger partial charge in [0.1, 0.15) is 11.3 Å². The summed E-state index contributed by atoms with van der Waals surface area (Å²) in [5, 5.41) is 6.69. The maximum Gasteiger partial charge on any atom is 0.224 e. The van der Waals surface area contributed by atoms with Crippen LogP contribution in [0.25, 0.3) is 11.2 Å². The van der Waals surface area contributed by atoms with E-state index in [0.717, 1.165) is 12.8 Å². The van der Waals surface area contributed by atoms with E-state index in [-0.39, 0.29) is 28.9 Å². The molecule has 1 aromatic carbocycles. The van der Waals surface area contributed by atoms with E-state index in [4.69, 9.17) is 22.3 Å². The third-order valence-corrected chi connectivity index (χ3v) is 5.81. The first-order valence-electron chi connectivity index (χ1n) is 10.3. The molecule has 10 heteroatoms. The second kappa shape index (κ2) is 8.66. The highest BCUT2D eigenvalue weighted by atomic mass is 35.5. The van der Waals surface area contributed by atoms with E-state index < -0.39 is 5.82 Å². The zero-order valence-electron chi connectivity index (χ0n) is 17.4. The normalized spacial score (nSPS) is 19.0. The lowest BCUT2D eigenvalue weighted by Gasteiger charge is -2.29. The van der Waals surface area contributed by atoms with Crippen molar-refractivity contribution >= 4 is 46.3 Å². The molecule has 0 spiro atoms. The van der Waals surface area contributed by atoms with Crippen LogP contribution in [0.5, 0.6) is 0 Å². The number of carbonyl (C=O) groups is 1. The zero-order valence-corrected chi connectivity index (χ0v) is 18.2. The van der Waals surface area contributed by atoms with Crippen LogP contribution < -0.4 is 16.4 Å². The number of primary amides is 1. The van der Waals surface area contributed by atoms with Crippen molar-refractivity contribution in [3.8, 4) is 0 Å². The molecule has 1 aliphatic rings. The van der Waals surface area contributed by atoms with Crippen LogP contribution in [0.3, 0.4) is 0 Å². The number of hydrogen-bond donors (Lipinski definition) is 3. The summed E-state index contributed by atoms with van der Waals surface area (Å²) in [6, 6.07) is 4.41. The number of aromatic nitrogens is 4. The van der Waals surface area contributed by atoms with Crippen molar-refractivity contribution in [2.45, 2.75) is 51.6 Å². The number of anilines is 3. The van der Waals surface area contributed by atoms with Crippen molar-refractivity contribution in [2.75, 3.05) is 10.6 Å². The molecule has 1 fully saturated rings. The largest absolute Gasteiger partial charge is 0.369 e. The Labute approximate surface area is 184 Å². The number of amides is 1. The summed E-state index contributed by atoms with van der Waals surface area (Å²) in [6.45, 7) is 4.03. The minimum atomic E-state index is -0.413. The van der Waals surface area contributed by atoms with Crippen molar-refractivity contribution in [3.05, 3.63) is 35.2 Å². The lowest BCUT2D eigenvalue weighted by atomic mass is 9.85. The Morgan fingerprint density at radius 1 is 1.26 bits per heavy atom. The minimum Gasteiger partial charge on any atom is -0.369 e. The van der Waals surface area contributed by atoms with E-state index in [9.17, 15) is 9.18 Å². The van der Waals surface area contributed by atoms with Crippen LogP contribution in [0, 0.1) is 11.7 Å². The smallest absolute Gasteiger partial charge is 0.224 e. The maximum absolute atomic E-state index is 13.5. The van der Waals surface area contributed by atoms with Crippen LogP contribution in [-0.2, 0) is 4.79 Å². The first kappa shape index (κ1) is 21.3. The summed E-state index contributed by atoms with van der Waals surface area (Å²) in [6.07, 6.45) is 4.62. The fraction of sp³-hybridized carbons (Fsp3) is 0.429. The monoisotopic (exact) mass is 445 g/mol. The number of halogens is 2. The molecule has 8 nitrogen and oxygen atoms in total. The fourth-order valence-electron chi connectivity index (χ4n) is 3.98. The molecule has 0 bridgehead atoms. The number of nitrogens with zero attached hydrogens (tertiary/aromatic N) is 4. The van der Waals surface area contributed by atoms with Crippen LogP contribution in [-0.4, -0.2) is 31.5 Å². The highest BCUT2D eigenvalue weighted by Gasteiger charge is 2.29. The van der Waals surface area contributed by atoms with Gasteiger partial charge in [-0.15, -0.1) is 0 Å². The topological polar surface area (TPSA) is 111 Å². The third-order valence-electron chi connectivity index (χ3n) is 5.49. The predicted octanol–water partition coefficient (Wildman–Crippen LogP) is 4.40. The average Bonchev–Trinajstić information content (AvgIpc) is 3.07. The van der Waals surface area contributed by atoms with Crippen molar-refractivity contribution in [1.82, 2.24) is 19.5 Å². The second-order valence-corrected chi connectivity index (χ2v) is 8.57. The lowest BCUT2D eigenvalue weighted by Crippen LogP contribution is -2.28. The van der Waals surface area contributed by atoms with Crippen molar-refractivity contribution < 1.29 is 9.18 Å². The van der Waals surface area contributed by atoms with Gasteiger partial charge in [-0.3, -0.25) is 9.36 Å². The summed E-state index contributed by atoms with van der Waals surface area (Å²) in [5.74, 6) is 0.282. The van der Waals surface area contributed by atoms with Crippen LogP contribution >= 0.6 is 11.6 Å². The van der Waals surface area contributed by atoms with E-state index >= 15 is 0 Å². The van der Waals surface area contributed by atoms with Gasteiger partial charge in [0.05, 0.1) is 16.9 Å². The molecule has 2 heterocycles. The highest BCUT2D eigenvalue weighted by Crippen LogP contribution is 2.37. The van der Waals surface area contributed by atoms with Gasteiger partial charge in [-0.1, -0.05) is 11.6 Å². The molecular formula is C21H25ClFN7O. The lowest BCUT2D eigenvalue weighted by molar-refractivity contribution is -0.122. The van der Waals surface area contributed by atoms with Crippen LogP contribution in [0.15, 0.2) is 24.4 Å². The van der Waals surface area contributed by atoms with Gasteiger partial charge in [0.2, 0.25) is 17.8 Å². The SMILES string of the molecule is CC(C)Nc1ncc2nc(Nc3ccc(F)cc3Cl)n([C@H]3CC[C@@H](C(N)=O)CC3)c2n1. The number of carbonyl (C=O) groups excluding carboxylic acids is 1. The number of nitrogens with two attached hydrogens (primary N) is 1. The van der Waals surface area contributed by atoms with Gasteiger partial charge in [0, 0.05) is 18.0 Å². The Morgan fingerprint density at radius 2 is 2.00 bits per heavy atom. The number of benzene rings is 1. The molecule has 0 radical (unpaired) electrons. The molecule has 4 N–H and O–H groups in total. The molecule has 1 amide bonds. The van der Waals surface area contributed by atoms with E-state index in [1.807, 2.05) is 18.4 Å². The summed E-state index contributed by atoms with van der Waals surface area (Å²) in [5.41, 5.74) is 7.36. The van der Waals surface area contributed by atoms with Crippen LogP contribution in [0.1, 0.15) is 45.6 Å². The van der Waals surface area contributed by atoms with Gasteiger partial charge in [0.15, 0.2) is 5.65 Å². The molecule has 31 heavy (non-hydrogen) atoms. The Kier molecular flexibility index (Phi) is 5.95. The molecule has 3 aromatic rings. The molecular weight excluding hydrogens is 421 g/mol. The first-order chi connectivity index (χ1) is 14.8. The van der Waals surface area contributed by atoms with Gasteiger partial charge in [-0.05, 0) is 57.7 Å². The van der Waals surface area contributed by atoms with Gasteiger partial charge in [-0.25, -0.2) is 14.4 Å². The van der Waals surface area contributed by atoms with Crippen molar-refractivity contribution in [1.29, 1.82) is 0 Å². The number of nitrogens with one attached hydrogen (secondary N) is 2. The van der Waals surface area contributed by atoms with Crippen LogP contribution in [0.2, 0.25) is 5.02 Å². The molecule has 4 rings (SSSR count). The summed E-state index contributed by atoms with van der Waals surface area (Å²) in [7, 11) is 0. The van der Waals surface area contributed by atoms with Crippen LogP contribution in [0.4, 0.5) is 22.0 Å². The Balaban J connectivity index is 1.75. The van der Waals surface area contributed by atoms with E-state index in [1.54, 1.807) is 12.3 Å². The standard InChI is InChI=1S/C21H25ClFN7O/c1-11(2)26-20-25-10-17-19(29-20)30(14-6-3-12(4-7-14)18(24)31)21(28-17)27-16-8-5-13(23)9-15(16)22/h5,8-12,14H,3-4,6-7H2,1-2H3,(H2,24,31)(H,27,28)(H,25,26,29)/t12-,14+. The second-order valence-electron chi connectivity index (χ2n) is 8.16. The van der Waals surface area contributed by atoms with E-state index in [1.165, 1.54) is 12.1 Å². The summed E-state index contributed by atoms with van der Waals surface area (Å²) < 4.78 is 15.5. The third kappa shape index (κ3) is 4.56. The average molecular weight is 446 g/mol. The maximum atomic E-state index is 13.5.